The second kappa shape index (κ2) is 13.5. The fourth-order valence-electron chi connectivity index (χ4n) is 4.03. The number of benzene rings is 4. The van der Waals surface area contributed by atoms with E-state index in [9.17, 15) is 14.4 Å². The van der Waals surface area contributed by atoms with E-state index in [1.54, 1.807) is 54.6 Å². The summed E-state index contributed by atoms with van der Waals surface area (Å²) in [7, 11) is 0. The van der Waals surface area contributed by atoms with Crippen molar-refractivity contribution < 1.29 is 33.3 Å². The molecular weight excluding hydrogens is 580 g/mol. The van der Waals surface area contributed by atoms with Crippen molar-refractivity contribution in [3.05, 3.63) is 120 Å². The topological polar surface area (TPSA) is 125 Å². The van der Waals surface area contributed by atoms with E-state index >= 15 is 0 Å². The molecule has 0 N–H and O–H groups in total. The summed E-state index contributed by atoms with van der Waals surface area (Å²) in [5, 5.41) is 9.75. The molecule has 0 aliphatic carbocycles. The summed E-state index contributed by atoms with van der Waals surface area (Å²) in [5.41, 5.74) is 3.32. The first-order valence-electron chi connectivity index (χ1n) is 13.4. The minimum Gasteiger partial charge on any atom is -0.457 e. The van der Waals surface area contributed by atoms with Crippen LogP contribution in [0.2, 0.25) is 0 Å². The average molecular weight is 605 g/mol. The highest BCUT2D eigenvalue weighted by Crippen LogP contribution is 2.41. The lowest BCUT2D eigenvalue weighted by molar-refractivity contribution is -0.144. The van der Waals surface area contributed by atoms with Crippen LogP contribution < -0.4 is 14.2 Å². The molecule has 10 heteroatoms. The van der Waals surface area contributed by atoms with Gasteiger partial charge in [-0.25, -0.2) is 19.4 Å². The molecule has 218 valence electrons. The Morgan fingerprint density at radius 3 is 2.09 bits per heavy atom. The van der Waals surface area contributed by atoms with Gasteiger partial charge in [0, 0.05) is 11.6 Å². The van der Waals surface area contributed by atoms with Crippen LogP contribution in [0.1, 0.15) is 38.8 Å². The fourth-order valence-corrected chi connectivity index (χ4v) is 5.07. The quantitative estimate of drug-likeness (QED) is 0.0724. The van der Waals surface area contributed by atoms with E-state index in [0.29, 0.717) is 32.1 Å². The smallest absolute Gasteiger partial charge is 0.343 e. The molecule has 9 nitrogen and oxygen atoms in total. The SMILES string of the molecule is C=CC(=O)OCOc1ccc(C(=O)Oc2ccc(OC(=O)c3ccc(CC)cc3)c3nc(-c4ccc(C#N)cc4)sc23)cc1. The van der Waals surface area contributed by atoms with Crippen LogP contribution in [0.5, 0.6) is 17.2 Å². The first-order chi connectivity index (χ1) is 21.4. The van der Waals surface area contributed by atoms with Crippen molar-refractivity contribution in [2.75, 3.05) is 6.79 Å². The Hall–Kier alpha value is -5.79. The van der Waals surface area contributed by atoms with Crippen molar-refractivity contribution in [2.45, 2.75) is 13.3 Å². The van der Waals surface area contributed by atoms with Gasteiger partial charge in [-0.2, -0.15) is 5.26 Å². The third-order valence-corrected chi connectivity index (χ3v) is 7.54. The maximum Gasteiger partial charge on any atom is 0.343 e. The number of nitriles is 1. The number of aryl methyl sites for hydroxylation is 1. The van der Waals surface area contributed by atoms with Gasteiger partial charge in [-0.3, -0.25) is 0 Å². The number of fused-ring (bicyclic) bond motifs is 1. The van der Waals surface area contributed by atoms with Gasteiger partial charge < -0.3 is 18.9 Å². The maximum atomic E-state index is 13.1. The summed E-state index contributed by atoms with van der Waals surface area (Å²) < 4.78 is 22.1. The molecule has 5 rings (SSSR count). The van der Waals surface area contributed by atoms with E-state index < -0.39 is 17.9 Å². The normalized spacial score (nSPS) is 10.5. The Labute approximate surface area is 256 Å². The number of nitrogens with zero attached hydrogens (tertiary/aromatic N) is 2. The Morgan fingerprint density at radius 1 is 0.864 bits per heavy atom. The molecule has 0 aliphatic heterocycles. The molecule has 0 amide bonds. The van der Waals surface area contributed by atoms with Crippen molar-refractivity contribution in [2.24, 2.45) is 0 Å². The van der Waals surface area contributed by atoms with Gasteiger partial charge in [0.2, 0.25) is 6.79 Å². The van der Waals surface area contributed by atoms with Crippen LogP contribution in [-0.2, 0) is 16.0 Å². The first kappa shape index (κ1) is 29.7. The Balaban J connectivity index is 1.42. The van der Waals surface area contributed by atoms with Gasteiger partial charge in [0.05, 0.1) is 22.8 Å². The van der Waals surface area contributed by atoms with E-state index in [2.05, 4.69) is 12.6 Å². The molecule has 0 aliphatic rings. The molecule has 1 aromatic heterocycles. The minimum absolute atomic E-state index is 0.208. The monoisotopic (exact) mass is 604 g/mol. The van der Waals surface area contributed by atoms with Crippen LogP contribution in [0.15, 0.2) is 97.6 Å². The molecule has 0 radical (unpaired) electrons. The minimum atomic E-state index is -0.634. The highest BCUT2D eigenvalue weighted by molar-refractivity contribution is 7.22. The van der Waals surface area contributed by atoms with Gasteiger partial charge in [0.15, 0.2) is 11.5 Å². The highest BCUT2D eigenvalue weighted by atomic mass is 32.1. The third kappa shape index (κ3) is 6.81. The fraction of sp³-hybridized carbons (Fsp3) is 0.0882. The number of carbonyl (C=O) groups excluding carboxylic acids is 3. The van der Waals surface area contributed by atoms with Crippen molar-refractivity contribution in [1.29, 1.82) is 5.26 Å². The van der Waals surface area contributed by atoms with Gasteiger partial charge in [-0.15, -0.1) is 11.3 Å². The summed E-state index contributed by atoms with van der Waals surface area (Å²) >= 11 is 1.25. The highest BCUT2D eigenvalue weighted by Gasteiger charge is 2.21. The second-order valence-corrected chi connectivity index (χ2v) is 10.2. The van der Waals surface area contributed by atoms with Crippen molar-refractivity contribution in [3.8, 4) is 33.9 Å². The molecule has 0 spiro atoms. The van der Waals surface area contributed by atoms with Gasteiger partial charge in [0.1, 0.15) is 21.0 Å². The predicted molar refractivity (Wildman–Crippen MR) is 164 cm³/mol. The maximum absolute atomic E-state index is 13.1. The zero-order valence-corrected chi connectivity index (χ0v) is 24.3. The molecule has 0 saturated heterocycles. The van der Waals surface area contributed by atoms with E-state index in [1.165, 1.54) is 29.5 Å². The van der Waals surface area contributed by atoms with Crippen LogP contribution in [0.25, 0.3) is 20.8 Å². The first-order valence-corrected chi connectivity index (χ1v) is 14.2. The zero-order valence-electron chi connectivity index (χ0n) is 23.4. The Morgan fingerprint density at radius 2 is 1.48 bits per heavy atom. The Bertz CT molecular complexity index is 1890. The number of rotatable bonds is 10. The van der Waals surface area contributed by atoms with Gasteiger partial charge in [-0.05, 0) is 72.6 Å². The van der Waals surface area contributed by atoms with Crippen LogP contribution in [0.3, 0.4) is 0 Å². The van der Waals surface area contributed by atoms with Gasteiger partial charge >= 0.3 is 17.9 Å². The van der Waals surface area contributed by atoms with Crippen molar-refractivity contribution >= 4 is 39.5 Å². The number of carbonyl (C=O) groups is 3. The van der Waals surface area contributed by atoms with Gasteiger partial charge in [-0.1, -0.05) is 37.8 Å². The standard InChI is InChI=1S/C34H24N2O7S/c1-3-21-5-11-24(12-6-21)33(38)42-27-17-18-28(31-30(27)36-32(44-31)23-9-7-22(19-35)8-10-23)43-34(39)25-13-15-26(16-14-25)40-20-41-29(37)4-2/h4-18H,2-3,20H2,1H3. The molecule has 0 unspecified atom stereocenters. The molecule has 0 bridgehead atoms. The van der Waals surface area contributed by atoms with E-state index in [1.807, 2.05) is 19.1 Å². The second-order valence-electron chi connectivity index (χ2n) is 9.23. The summed E-state index contributed by atoms with van der Waals surface area (Å²) in [6.07, 6.45) is 1.87. The molecule has 0 saturated carbocycles. The van der Waals surface area contributed by atoms with Crippen molar-refractivity contribution in [3.63, 3.8) is 0 Å². The van der Waals surface area contributed by atoms with Crippen LogP contribution in [-0.4, -0.2) is 29.7 Å². The molecule has 0 fully saturated rings. The van der Waals surface area contributed by atoms with E-state index in [4.69, 9.17) is 29.2 Å². The van der Waals surface area contributed by atoms with Crippen LogP contribution in [0, 0.1) is 11.3 Å². The lowest BCUT2D eigenvalue weighted by atomic mass is 10.1. The zero-order chi connectivity index (χ0) is 31.1. The molecule has 44 heavy (non-hydrogen) atoms. The number of hydrogen-bond acceptors (Lipinski definition) is 10. The summed E-state index contributed by atoms with van der Waals surface area (Å²) in [4.78, 5) is 42.0. The molecular formula is C34H24N2O7S. The van der Waals surface area contributed by atoms with Crippen LogP contribution >= 0.6 is 11.3 Å². The summed E-state index contributed by atoms with van der Waals surface area (Å²) in [6, 6.07) is 25.3. The average Bonchev–Trinajstić information content (AvgIpc) is 3.52. The summed E-state index contributed by atoms with van der Waals surface area (Å²) in [5.74, 6) is -0.984. The Kier molecular flexibility index (Phi) is 9.08. The number of thiazole rings is 1. The number of hydrogen-bond donors (Lipinski definition) is 0. The van der Waals surface area contributed by atoms with E-state index in [-0.39, 0.29) is 23.9 Å². The number of ether oxygens (including phenoxy) is 4. The number of esters is 3. The lowest BCUT2D eigenvalue weighted by Gasteiger charge is -2.10. The molecule has 1 heterocycles. The largest absolute Gasteiger partial charge is 0.457 e. The molecule has 0 atom stereocenters. The molecule has 5 aromatic rings. The summed E-state index contributed by atoms with van der Waals surface area (Å²) in [6.45, 7) is 5.04. The van der Waals surface area contributed by atoms with E-state index in [0.717, 1.165) is 23.6 Å². The van der Waals surface area contributed by atoms with Crippen LogP contribution in [0.4, 0.5) is 0 Å². The van der Waals surface area contributed by atoms with Gasteiger partial charge in [0.25, 0.3) is 0 Å². The molecule has 4 aromatic carbocycles. The van der Waals surface area contributed by atoms with Crippen molar-refractivity contribution in [1.82, 2.24) is 4.98 Å². The third-order valence-electron chi connectivity index (χ3n) is 6.42. The number of aromatic nitrogens is 1. The lowest BCUT2D eigenvalue weighted by Crippen LogP contribution is -2.10. The predicted octanol–water partition coefficient (Wildman–Crippen LogP) is 6.90.